The predicted octanol–water partition coefficient (Wildman–Crippen LogP) is 4.77. The third-order valence-electron chi connectivity index (χ3n) is 5.02. The van der Waals surface area contributed by atoms with Gasteiger partial charge in [0, 0.05) is 5.69 Å². The van der Waals surface area contributed by atoms with E-state index in [1.165, 1.54) is 5.56 Å². The summed E-state index contributed by atoms with van der Waals surface area (Å²) >= 11 is 0. The van der Waals surface area contributed by atoms with Gasteiger partial charge in [-0.05, 0) is 66.5 Å². The highest BCUT2D eigenvalue weighted by Crippen LogP contribution is 2.28. The van der Waals surface area contributed by atoms with Crippen molar-refractivity contribution in [3.05, 3.63) is 63.7 Å². The van der Waals surface area contributed by atoms with Gasteiger partial charge in [-0.25, -0.2) is 8.42 Å². The van der Waals surface area contributed by atoms with E-state index in [4.69, 9.17) is 0 Å². The lowest BCUT2D eigenvalue weighted by Gasteiger charge is -2.22. The molecule has 0 heterocycles. The van der Waals surface area contributed by atoms with Crippen molar-refractivity contribution in [1.82, 2.24) is 0 Å². The highest BCUT2D eigenvalue weighted by Gasteiger charge is 2.22. The minimum atomic E-state index is -3.59. The molecule has 0 aliphatic heterocycles. The summed E-state index contributed by atoms with van der Waals surface area (Å²) in [6, 6.07) is 9.79. The van der Waals surface area contributed by atoms with Gasteiger partial charge < -0.3 is 5.32 Å². The number of hydrogen-bond acceptors (Lipinski definition) is 3. The molecule has 1 amide bonds. The third kappa shape index (κ3) is 5.44. The van der Waals surface area contributed by atoms with Crippen LogP contribution < -0.4 is 5.32 Å². The van der Waals surface area contributed by atoms with Crippen molar-refractivity contribution in [3.8, 4) is 0 Å². The molecule has 0 aliphatic rings. The summed E-state index contributed by atoms with van der Waals surface area (Å²) in [5.41, 5.74) is 6.37. The van der Waals surface area contributed by atoms with Crippen LogP contribution in [-0.2, 0) is 25.8 Å². The molecule has 28 heavy (non-hydrogen) atoms. The smallest absolute Gasteiger partial charge is 0.239 e. The first kappa shape index (κ1) is 22.2. The summed E-state index contributed by atoms with van der Waals surface area (Å²) in [6.07, 6.45) is 0. The number of carbonyl (C=O) groups excluding carboxylic acids is 1. The van der Waals surface area contributed by atoms with Crippen LogP contribution in [-0.4, -0.2) is 20.1 Å². The molecule has 0 spiro atoms. The number of anilines is 1. The van der Waals surface area contributed by atoms with Crippen LogP contribution in [0.1, 0.15) is 54.2 Å². The maximum Gasteiger partial charge on any atom is 0.239 e. The monoisotopic (exact) mass is 401 g/mol. The van der Waals surface area contributed by atoms with E-state index < -0.39 is 21.5 Å². The number of para-hydroxylation sites is 1. The molecule has 2 aromatic carbocycles. The summed E-state index contributed by atoms with van der Waals surface area (Å²) in [4.78, 5) is 12.4. The lowest BCUT2D eigenvalue weighted by atomic mass is 9.84. The van der Waals surface area contributed by atoms with Gasteiger partial charge in [-0.1, -0.05) is 51.1 Å². The SMILES string of the molecule is Cc1cc(C(C)(C)C)cc(C)c1CS(=O)(=O)CC(=O)Nc1c(C)cccc1C. The van der Waals surface area contributed by atoms with Crippen LogP contribution in [0.3, 0.4) is 0 Å². The number of amides is 1. The van der Waals surface area contributed by atoms with E-state index in [2.05, 4.69) is 38.2 Å². The van der Waals surface area contributed by atoms with Crippen molar-refractivity contribution >= 4 is 21.4 Å². The average Bonchev–Trinajstić information content (AvgIpc) is 2.53. The molecule has 0 radical (unpaired) electrons. The summed E-state index contributed by atoms with van der Waals surface area (Å²) < 4.78 is 25.4. The molecule has 152 valence electrons. The van der Waals surface area contributed by atoms with E-state index in [1.54, 1.807) is 0 Å². The first-order valence-corrected chi connectivity index (χ1v) is 11.3. The Morgan fingerprint density at radius 3 is 1.89 bits per heavy atom. The van der Waals surface area contributed by atoms with E-state index in [1.807, 2.05) is 45.9 Å². The van der Waals surface area contributed by atoms with E-state index in [0.29, 0.717) is 5.69 Å². The molecule has 0 atom stereocenters. The maximum atomic E-state index is 12.7. The van der Waals surface area contributed by atoms with Crippen molar-refractivity contribution < 1.29 is 13.2 Å². The zero-order valence-corrected chi connectivity index (χ0v) is 18.8. The van der Waals surface area contributed by atoms with Gasteiger partial charge in [0.15, 0.2) is 9.84 Å². The van der Waals surface area contributed by atoms with Crippen LogP contribution in [0.15, 0.2) is 30.3 Å². The number of aryl methyl sites for hydroxylation is 4. The quantitative estimate of drug-likeness (QED) is 0.785. The Hall–Kier alpha value is -2.14. The molecule has 0 aromatic heterocycles. The normalized spacial score (nSPS) is 12.1. The molecule has 4 nitrogen and oxygen atoms in total. The van der Waals surface area contributed by atoms with Crippen molar-refractivity contribution in [2.24, 2.45) is 0 Å². The van der Waals surface area contributed by atoms with Gasteiger partial charge in [0.05, 0.1) is 5.75 Å². The van der Waals surface area contributed by atoms with Gasteiger partial charge in [-0.15, -0.1) is 0 Å². The van der Waals surface area contributed by atoms with Gasteiger partial charge >= 0.3 is 0 Å². The van der Waals surface area contributed by atoms with E-state index in [0.717, 1.165) is 27.8 Å². The van der Waals surface area contributed by atoms with Crippen LogP contribution in [0.2, 0.25) is 0 Å². The second-order valence-electron chi connectivity index (χ2n) is 8.69. The van der Waals surface area contributed by atoms with Crippen molar-refractivity contribution in [2.75, 3.05) is 11.1 Å². The third-order valence-corrected chi connectivity index (χ3v) is 6.45. The molecule has 2 rings (SSSR count). The molecule has 0 fully saturated rings. The van der Waals surface area contributed by atoms with Crippen LogP contribution >= 0.6 is 0 Å². The van der Waals surface area contributed by atoms with Gasteiger partial charge in [-0.3, -0.25) is 4.79 Å². The molecule has 0 saturated carbocycles. The minimum Gasteiger partial charge on any atom is -0.325 e. The first-order valence-electron chi connectivity index (χ1n) is 9.47. The fourth-order valence-corrected chi connectivity index (χ4v) is 4.78. The second kappa shape index (κ2) is 8.08. The molecule has 0 bridgehead atoms. The fraction of sp³-hybridized carbons (Fsp3) is 0.435. The zero-order chi connectivity index (χ0) is 21.3. The summed E-state index contributed by atoms with van der Waals surface area (Å²) in [7, 11) is -3.59. The van der Waals surface area contributed by atoms with E-state index in [-0.39, 0.29) is 11.2 Å². The average molecular weight is 402 g/mol. The lowest BCUT2D eigenvalue weighted by Crippen LogP contribution is -2.25. The first-order chi connectivity index (χ1) is 12.8. The molecule has 2 aromatic rings. The second-order valence-corrected chi connectivity index (χ2v) is 10.8. The Kier molecular flexibility index (Phi) is 6.39. The fourth-order valence-electron chi connectivity index (χ4n) is 3.31. The maximum absolute atomic E-state index is 12.7. The van der Waals surface area contributed by atoms with Crippen LogP contribution in [0, 0.1) is 27.7 Å². The predicted molar refractivity (Wildman–Crippen MR) is 117 cm³/mol. The topological polar surface area (TPSA) is 63.2 Å². The number of rotatable bonds is 5. The van der Waals surface area contributed by atoms with Gasteiger partial charge in [0.25, 0.3) is 0 Å². The van der Waals surface area contributed by atoms with Crippen LogP contribution in [0.4, 0.5) is 5.69 Å². The Morgan fingerprint density at radius 1 is 0.929 bits per heavy atom. The Balaban J connectivity index is 2.19. The van der Waals surface area contributed by atoms with Gasteiger partial charge in [-0.2, -0.15) is 0 Å². The number of nitrogens with one attached hydrogen (secondary N) is 1. The highest BCUT2D eigenvalue weighted by molar-refractivity contribution is 7.91. The molecule has 0 unspecified atom stereocenters. The van der Waals surface area contributed by atoms with Crippen molar-refractivity contribution in [3.63, 3.8) is 0 Å². The van der Waals surface area contributed by atoms with Crippen molar-refractivity contribution in [2.45, 2.75) is 59.6 Å². The molecule has 1 N–H and O–H groups in total. The number of benzene rings is 2. The van der Waals surface area contributed by atoms with Crippen LogP contribution in [0.25, 0.3) is 0 Å². The number of hydrogen-bond donors (Lipinski definition) is 1. The summed E-state index contributed by atoms with van der Waals surface area (Å²) in [5, 5.41) is 2.76. The Bertz CT molecular complexity index is 956. The van der Waals surface area contributed by atoms with E-state index >= 15 is 0 Å². The van der Waals surface area contributed by atoms with Crippen molar-refractivity contribution in [1.29, 1.82) is 0 Å². The Morgan fingerprint density at radius 2 is 1.43 bits per heavy atom. The molecule has 0 aliphatic carbocycles. The molecule has 0 saturated heterocycles. The largest absolute Gasteiger partial charge is 0.325 e. The zero-order valence-electron chi connectivity index (χ0n) is 17.9. The molecular weight excluding hydrogens is 370 g/mol. The van der Waals surface area contributed by atoms with Gasteiger partial charge in [0.1, 0.15) is 5.75 Å². The number of sulfone groups is 1. The van der Waals surface area contributed by atoms with E-state index in [9.17, 15) is 13.2 Å². The standard InChI is InChI=1S/C23H31NO3S/c1-15-9-8-10-16(2)22(15)24-21(25)14-28(26,27)13-20-17(3)11-19(12-18(20)4)23(5,6)7/h8-12H,13-14H2,1-7H3,(H,24,25). The Labute approximate surface area is 169 Å². The summed E-state index contributed by atoms with van der Waals surface area (Å²) in [6.45, 7) is 14.1. The molecular formula is C23H31NO3S. The van der Waals surface area contributed by atoms with Crippen LogP contribution in [0.5, 0.6) is 0 Å². The minimum absolute atomic E-state index is 0.00177. The summed E-state index contributed by atoms with van der Waals surface area (Å²) in [5.74, 6) is -1.16. The van der Waals surface area contributed by atoms with Gasteiger partial charge in [0.2, 0.25) is 5.91 Å². The lowest BCUT2D eigenvalue weighted by molar-refractivity contribution is -0.113. The molecule has 5 heteroatoms. The highest BCUT2D eigenvalue weighted by atomic mass is 32.2. The number of carbonyl (C=O) groups is 1.